The highest BCUT2D eigenvalue weighted by Gasteiger charge is 2.17. The Bertz CT molecular complexity index is 589. The van der Waals surface area contributed by atoms with Crippen LogP contribution >= 0.6 is 0 Å². The summed E-state index contributed by atoms with van der Waals surface area (Å²) in [5.74, 6) is -0.0742. The van der Waals surface area contributed by atoms with Gasteiger partial charge in [0.1, 0.15) is 0 Å². The van der Waals surface area contributed by atoms with E-state index in [1.165, 1.54) is 135 Å². The first kappa shape index (κ1) is 39.9. The van der Waals surface area contributed by atoms with Gasteiger partial charge in [-0.1, -0.05) is 173 Å². The van der Waals surface area contributed by atoms with Crippen LogP contribution in [0.15, 0.2) is 24.3 Å². The van der Waals surface area contributed by atoms with Crippen LogP contribution in [-0.4, -0.2) is 34.9 Å². The van der Waals surface area contributed by atoms with Crippen LogP contribution in [0.25, 0.3) is 0 Å². The van der Waals surface area contributed by atoms with Gasteiger partial charge < -0.3 is 15.5 Å². The second kappa shape index (κ2) is 33.4. The molecule has 0 spiro atoms. The minimum atomic E-state index is -0.855. The standard InChI is InChI=1S/C37H71NO3/c1-3-5-7-9-11-13-15-17-19-20-22-24-26-28-30-32-36(40)35(34-39)38-37(41)33-31-29-27-25-23-21-18-16-14-12-10-8-6-4-2/h22,24,30,32,35-36,39-40H,3-21,23,25-29,31,33-34H2,1-2H3,(H,38,41)/b24-22+,32-30+/t35-,36+/m0/s1. The zero-order valence-corrected chi connectivity index (χ0v) is 27.6. The van der Waals surface area contributed by atoms with Crippen molar-refractivity contribution in [3.63, 3.8) is 0 Å². The molecule has 0 aliphatic rings. The van der Waals surface area contributed by atoms with Crippen LogP contribution in [0.4, 0.5) is 0 Å². The summed E-state index contributed by atoms with van der Waals surface area (Å²) in [4.78, 5) is 12.3. The minimum Gasteiger partial charge on any atom is -0.394 e. The molecular weight excluding hydrogens is 506 g/mol. The van der Waals surface area contributed by atoms with Crippen LogP contribution in [0, 0.1) is 0 Å². The van der Waals surface area contributed by atoms with E-state index in [-0.39, 0.29) is 12.5 Å². The van der Waals surface area contributed by atoms with E-state index in [1.807, 2.05) is 6.08 Å². The van der Waals surface area contributed by atoms with Crippen molar-refractivity contribution in [2.45, 2.75) is 199 Å². The predicted octanol–water partition coefficient (Wildman–Crippen LogP) is 10.5. The van der Waals surface area contributed by atoms with Crippen molar-refractivity contribution >= 4 is 5.91 Å². The van der Waals surface area contributed by atoms with Gasteiger partial charge in [0, 0.05) is 6.42 Å². The molecule has 4 nitrogen and oxygen atoms in total. The van der Waals surface area contributed by atoms with Gasteiger partial charge in [0.2, 0.25) is 5.91 Å². The van der Waals surface area contributed by atoms with Crippen molar-refractivity contribution in [3.05, 3.63) is 24.3 Å². The van der Waals surface area contributed by atoms with E-state index in [4.69, 9.17) is 0 Å². The molecule has 2 atom stereocenters. The summed E-state index contributed by atoms with van der Waals surface area (Å²) < 4.78 is 0. The van der Waals surface area contributed by atoms with Crippen LogP contribution in [0.5, 0.6) is 0 Å². The molecule has 4 heteroatoms. The quantitative estimate of drug-likeness (QED) is 0.0550. The number of amides is 1. The number of carbonyl (C=O) groups excluding carboxylic acids is 1. The Balaban J connectivity index is 3.66. The maximum atomic E-state index is 12.3. The van der Waals surface area contributed by atoms with Crippen LogP contribution < -0.4 is 5.32 Å². The molecule has 0 saturated heterocycles. The molecule has 0 aromatic heterocycles. The van der Waals surface area contributed by atoms with Gasteiger partial charge >= 0.3 is 0 Å². The van der Waals surface area contributed by atoms with Gasteiger partial charge in [0.15, 0.2) is 0 Å². The SMILES string of the molecule is CCCCCCCCCCC/C=C/CC/C=C/[C@@H](O)[C@H](CO)NC(=O)CCCCCCCCCCCCCCCC. The molecule has 1 amide bonds. The Labute approximate surface area is 256 Å². The van der Waals surface area contributed by atoms with E-state index < -0.39 is 12.1 Å². The third-order valence-electron chi connectivity index (χ3n) is 8.19. The van der Waals surface area contributed by atoms with Crippen LogP contribution in [0.2, 0.25) is 0 Å². The molecule has 242 valence electrons. The fourth-order valence-electron chi connectivity index (χ4n) is 5.37. The molecule has 3 N–H and O–H groups in total. The number of carbonyl (C=O) groups is 1. The van der Waals surface area contributed by atoms with E-state index >= 15 is 0 Å². The lowest BCUT2D eigenvalue weighted by atomic mass is 10.0. The number of unbranched alkanes of at least 4 members (excludes halogenated alkanes) is 23. The highest BCUT2D eigenvalue weighted by Crippen LogP contribution is 2.14. The highest BCUT2D eigenvalue weighted by atomic mass is 16.3. The van der Waals surface area contributed by atoms with Crippen LogP contribution in [-0.2, 0) is 4.79 Å². The van der Waals surface area contributed by atoms with Gasteiger partial charge in [-0.05, 0) is 32.1 Å². The molecule has 0 unspecified atom stereocenters. The first-order chi connectivity index (χ1) is 20.2. The third kappa shape index (κ3) is 30.1. The topological polar surface area (TPSA) is 69.6 Å². The fraction of sp³-hybridized carbons (Fsp3) is 0.865. The lowest BCUT2D eigenvalue weighted by Gasteiger charge is -2.19. The molecule has 41 heavy (non-hydrogen) atoms. The summed E-state index contributed by atoms with van der Waals surface area (Å²) in [5, 5.41) is 22.8. The van der Waals surface area contributed by atoms with Gasteiger partial charge in [-0.2, -0.15) is 0 Å². The monoisotopic (exact) mass is 578 g/mol. The predicted molar refractivity (Wildman–Crippen MR) is 179 cm³/mol. The Hall–Kier alpha value is -1.13. The average Bonchev–Trinajstić information content (AvgIpc) is 2.97. The summed E-state index contributed by atoms with van der Waals surface area (Å²) in [5.41, 5.74) is 0. The molecule has 0 rings (SSSR count). The highest BCUT2D eigenvalue weighted by molar-refractivity contribution is 5.76. The van der Waals surface area contributed by atoms with Crippen LogP contribution in [0.3, 0.4) is 0 Å². The van der Waals surface area contributed by atoms with Crippen molar-refractivity contribution < 1.29 is 15.0 Å². The van der Waals surface area contributed by atoms with Crippen molar-refractivity contribution in [2.24, 2.45) is 0 Å². The van der Waals surface area contributed by atoms with Gasteiger partial charge in [-0.3, -0.25) is 4.79 Å². The van der Waals surface area contributed by atoms with Gasteiger partial charge in [-0.25, -0.2) is 0 Å². The Kier molecular flexibility index (Phi) is 32.5. The first-order valence-corrected chi connectivity index (χ1v) is 18.1. The number of aliphatic hydroxyl groups is 2. The molecule has 0 aromatic rings. The normalized spacial score (nSPS) is 13.4. The molecule has 0 heterocycles. The number of rotatable bonds is 32. The number of allylic oxidation sites excluding steroid dienone is 3. The van der Waals surface area contributed by atoms with E-state index in [0.29, 0.717) is 6.42 Å². The number of nitrogens with one attached hydrogen (secondary N) is 1. The van der Waals surface area contributed by atoms with Gasteiger partial charge in [-0.15, -0.1) is 0 Å². The van der Waals surface area contributed by atoms with E-state index in [0.717, 1.165) is 32.1 Å². The fourth-order valence-corrected chi connectivity index (χ4v) is 5.37. The van der Waals surface area contributed by atoms with E-state index in [9.17, 15) is 15.0 Å². The third-order valence-corrected chi connectivity index (χ3v) is 8.19. The lowest BCUT2D eigenvalue weighted by Crippen LogP contribution is -2.45. The summed E-state index contributed by atoms with van der Waals surface area (Å²) in [6.07, 6.45) is 41.1. The lowest BCUT2D eigenvalue weighted by molar-refractivity contribution is -0.123. The second-order valence-electron chi connectivity index (χ2n) is 12.3. The summed E-state index contributed by atoms with van der Waals surface area (Å²) in [6.45, 7) is 4.28. The van der Waals surface area contributed by atoms with Crippen molar-refractivity contribution in [3.8, 4) is 0 Å². The Morgan fingerprint density at radius 1 is 0.561 bits per heavy atom. The number of aliphatic hydroxyl groups excluding tert-OH is 2. The maximum absolute atomic E-state index is 12.3. The molecule has 0 fully saturated rings. The molecule has 0 aliphatic heterocycles. The minimum absolute atomic E-state index is 0.0742. The Morgan fingerprint density at radius 2 is 0.951 bits per heavy atom. The zero-order valence-electron chi connectivity index (χ0n) is 27.6. The molecule has 0 bridgehead atoms. The Morgan fingerprint density at radius 3 is 1.41 bits per heavy atom. The zero-order chi connectivity index (χ0) is 30.1. The maximum Gasteiger partial charge on any atom is 0.220 e. The average molecular weight is 578 g/mol. The van der Waals surface area contributed by atoms with Crippen molar-refractivity contribution in [2.75, 3.05) is 6.61 Å². The first-order valence-electron chi connectivity index (χ1n) is 18.1. The van der Waals surface area contributed by atoms with E-state index in [1.54, 1.807) is 6.08 Å². The molecule has 0 aliphatic carbocycles. The molecule has 0 aromatic carbocycles. The van der Waals surface area contributed by atoms with Crippen LogP contribution in [0.1, 0.15) is 187 Å². The van der Waals surface area contributed by atoms with Gasteiger partial charge in [0.05, 0.1) is 18.8 Å². The summed E-state index contributed by atoms with van der Waals surface area (Å²) in [7, 11) is 0. The van der Waals surface area contributed by atoms with E-state index in [2.05, 4.69) is 31.3 Å². The smallest absolute Gasteiger partial charge is 0.220 e. The number of hydrogen-bond donors (Lipinski definition) is 3. The molecule has 0 saturated carbocycles. The molecular formula is C37H71NO3. The number of hydrogen-bond acceptors (Lipinski definition) is 3. The second-order valence-corrected chi connectivity index (χ2v) is 12.3. The van der Waals surface area contributed by atoms with Gasteiger partial charge in [0.25, 0.3) is 0 Å². The largest absolute Gasteiger partial charge is 0.394 e. The summed E-state index contributed by atoms with van der Waals surface area (Å²) in [6, 6.07) is -0.632. The molecule has 0 radical (unpaired) electrons. The van der Waals surface area contributed by atoms with Crippen molar-refractivity contribution in [1.82, 2.24) is 5.32 Å². The summed E-state index contributed by atoms with van der Waals surface area (Å²) >= 11 is 0. The van der Waals surface area contributed by atoms with Crippen molar-refractivity contribution in [1.29, 1.82) is 0 Å².